The van der Waals surface area contributed by atoms with Gasteiger partial charge < -0.3 is 5.32 Å². The van der Waals surface area contributed by atoms with Crippen LogP contribution in [0, 0.1) is 0 Å². The Labute approximate surface area is 98.9 Å². The van der Waals surface area contributed by atoms with Gasteiger partial charge in [-0.3, -0.25) is 4.79 Å². The highest BCUT2D eigenvalue weighted by atomic mass is 35.5. The molecule has 0 radical (unpaired) electrons. The number of para-hydroxylation sites is 1. The molecule has 0 aliphatic rings. The van der Waals surface area contributed by atoms with Crippen molar-refractivity contribution in [3.8, 4) is 0 Å². The van der Waals surface area contributed by atoms with E-state index in [1.807, 2.05) is 18.2 Å². The summed E-state index contributed by atoms with van der Waals surface area (Å²) >= 11 is 11.4. The van der Waals surface area contributed by atoms with Crippen LogP contribution in [0.1, 0.15) is 19.4 Å². The lowest BCUT2D eigenvalue weighted by atomic mass is 10.1. The molecule has 1 rings (SSSR count). The van der Waals surface area contributed by atoms with Crippen LogP contribution in [0.2, 0.25) is 0 Å². The average Bonchev–Trinajstić information content (AvgIpc) is 2.16. The van der Waals surface area contributed by atoms with Crippen molar-refractivity contribution >= 4 is 40.4 Å². The van der Waals surface area contributed by atoms with Crippen LogP contribution in [-0.4, -0.2) is 5.91 Å². The van der Waals surface area contributed by atoms with E-state index in [4.69, 9.17) is 23.2 Å². The quantitative estimate of drug-likeness (QED) is 0.841. The Kier molecular flexibility index (Phi) is 4.18. The number of carbonyl (C=O) groups is 1. The van der Waals surface area contributed by atoms with Crippen LogP contribution in [0.3, 0.4) is 0 Å². The van der Waals surface area contributed by atoms with E-state index < -0.39 is 0 Å². The number of halogens is 2. The maximum Gasteiger partial charge on any atom is 0.221 e. The van der Waals surface area contributed by atoms with E-state index in [-0.39, 0.29) is 10.4 Å². The van der Waals surface area contributed by atoms with Crippen molar-refractivity contribution in [1.82, 2.24) is 0 Å². The van der Waals surface area contributed by atoms with Crippen LogP contribution in [0.4, 0.5) is 5.69 Å². The third kappa shape index (κ3) is 3.26. The highest BCUT2D eigenvalue weighted by molar-refractivity contribution is 6.58. The molecule has 0 bridgehead atoms. The summed E-state index contributed by atoms with van der Waals surface area (Å²) in [4.78, 5) is 11.0. The Morgan fingerprint density at radius 1 is 1.20 bits per heavy atom. The molecule has 4 heteroatoms. The van der Waals surface area contributed by atoms with Crippen molar-refractivity contribution in [3.63, 3.8) is 0 Å². The summed E-state index contributed by atoms with van der Waals surface area (Å²) in [6.45, 7) is 3.26. The van der Waals surface area contributed by atoms with Crippen molar-refractivity contribution in [1.29, 1.82) is 0 Å². The average molecular weight is 244 g/mol. The van der Waals surface area contributed by atoms with E-state index in [0.29, 0.717) is 5.69 Å². The number of hydrogen-bond acceptors (Lipinski definition) is 1. The molecular formula is C11H11Cl2NO. The fourth-order valence-corrected chi connectivity index (χ4v) is 1.41. The van der Waals surface area contributed by atoms with Gasteiger partial charge in [-0.05, 0) is 18.6 Å². The molecule has 0 heterocycles. The van der Waals surface area contributed by atoms with Gasteiger partial charge in [-0.2, -0.15) is 0 Å². The zero-order valence-corrected chi connectivity index (χ0v) is 9.99. The minimum atomic E-state index is -0.124. The first-order valence-corrected chi connectivity index (χ1v) is 5.17. The first-order valence-electron chi connectivity index (χ1n) is 4.41. The van der Waals surface area contributed by atoms with Crippen LogP contribution in [0.5, 0.6) is 0 Å². The lowest BCUT2D eigenvalue weighted by Gasteiger charge is -2.09. The van der Waals surface area contributed by atoms with E-state index >= 15 is 0 Å². The summed E-state index contributed by atoms with van der Waals surface area (Å²) < 4.78 is 0.202. The summed E-state index contributed by atoms with van der Waals surface area (Å²) in [5.41, 5.74) is 2.27. The molecule has 2 nitrogen and oxygen atoms in total. The minimum Gasteiger partial charge on any atom is -0.326 e. The van der Waals surface area contributed by atoms with Gasteiger partial charge in [-0.15, -0.1) is 0 Å². The van der Waals surface area contributed by atoms with Gasteiger partial charge in [0.25, 0.3) is 0 Å². The van der Waals surface area contributed by atoms with Crippen LogP contribution < -0.4 is 5.32 Å². The topological polar surface area (TPSA) is 29.1 Å². The zero-order valence-electron chi connectivity index (χ0n) is 8.47. The van der Waals surface area contributed by atoms with Gasteiger partial charge >= 0.3 is 0 Å². The predicted molar refractivity (Wildman–Crippen MR) is 65.0 cm³/mol. The van der Waals surface area contributed by atoms with Gasteiger partial charge in [-0.25, -0.2) is 0 Å². The molecule has 0 spiro atoms. The van der Waals surface area contributed by atoms with Crippen molar-refractivity contribution in [2.24, 2.45) is 0 Å². The molecule has 0 fully saturated rings. The molecule has 1 amide bonds. The number of benzene rings is 1. The predicted octanol–water partition coefficient (Wildman–Crippen LogP) is 3.81. The Morgan fingerprint density at radius 2 is 1.80 bits per heavy atom. The van der Waals surface area contributed by atoms with Crippen molar-refractivity contribution in [2.45, 2.75) is 13.8 Å². The molecular weight excluding hydrogens is 233 g/mol. The Bertz CT molecular complexity index is 409. The SMILES string of the molecule is CC(=O)Nc1ccccc1C(C)=C(Cl)Cl. The second-order valence-electron chi connectivity index (χ2n) is 3.11. The summed E-state index contributed by atoms with van der Waals surface area (Å²) in [5, 5.41) is 2.72. The number of carbonyl (C=O) groups excluding carboxylic acids is 1. The van der Waals surface area contributed by atoms with E-state index in [2.05, 4.69) is 5.32 Å². The molecule has 0 aromatic heterocycles. The smallest absolute Gasteiger partial charge is 0.221 e. The standard InChI is InChI=1S/C11H11Cl2NO/c1-7(11(12)13)9-5-3-4-6-10(9)14-8(2)15/h3-6H,1-2H3,(H,14,15). The zero-order chi connectivity index (χ0) is 11.4. The van der Waals surface area contributed by atoms with Crippen LogP contribution >= 0.6 is 23.2 Å². The van der Waals surface area contributed by atoms with Gasteiger partial charge in [0, 0.05) is 18.2 Å². The molecule has 0 saturated heterocycles. The number of nitrogens with one attached hydrogen (secondary N) is 1. The second kappa shape index (κ2) is 5.19. The summed E-state index contributed by atoms with van der Waals surface area (Å²) in [6, 6.07) is 7.35. The van der Waals surface area contributed by atoms with Crippen molar-refractivity contribution in [3.05, 3.63) is 34.3 Å². The van der Waals surface area contributed by atoms with Gasteiger partial charge in [0.2, 0.25) is 5.91 Å². The number of anilines is 1. The third-order valence-corrected chi connectivity index (χ3v) is 2.49. The second-order valence-corrected chi connectivity index (χ2v) is 4.06. The fraction of sp³-hybridized carbons (Fsp3) is 0.182. The van der Waals surface area contributed by atoms with Gasteiger partial charge in [0.15, 0.2) is 0 Å². The molecule has 1 N–H and O–H groups in total. The number of rotatable bonds is 2. The normalized spacial score (nSPS) is 9.60. The molecule has 15 heavy (non-hydrogen) atoms. The van der Waals surface area contributed by atoms with Gasteiger partial charge in [-0.1, -0.05) is 41.4 Å². The lowest BCUT2D eigenvalue weighted by Crippen LogP contribution is -2.07. The first-order chi connectivity index (χ1) is 7.02. The van der Waals surface area contributed by atoms with Crippen LogP contribution in [0.15, 0.2) is 28.8 Å². The molecule has 80 valence electrons. The summed E-state index contributed by atoms with van der Waals surface area (Å²) in [5.74, 6) is -0.124. The Hall–Kier alpha value is -0.990. The number of hydrogen-bond donors (Lipinski definition) is 1. The molecule has 0 atom stereocenters. The number of amides is 1. The molecule has 0 aliphatic carbocycles. The van der Waals surface area contributed by atoms with Crippen LogP contribution in [-0.2, 0) is 4.79 Å². The molecule has 1 aromatic rings. The lowest BCUT2D eigenvalue weighted by molar-refractivity contribution is -0.114. The van der Waals surface area contributed by atoms with E-state index in [9.17, 15) is 4.79 Å². The van der Waals surface area contributed by atoms with E-state index in [0.717, 1.165) is 11.1 Å². The maximum absolute atomic E-state index is 11.0. The van der Waals surface area contributed by atoms with Crippen LogP contribution in [0.25, 0.3) is 5.57 Å². The van der Waals surface area contributed by atoms with E-state index in [1.54, 1.807) is 13.0 Å². The fourth-order valence-electron chi connectivity index (χ4n) is 1.21. The first kappa shape index (κ1) is 12.1. The molecule has 0 aliphatic heterocycles. The monoisotopic (exact) mass is 243 g/mol. The highest BCUT2D eigenvalue weighted by Crippen LogP contribution is 2.29. The molecule has 0 unspecified atom stereocenters. The Balaban J connectivity index is 3.18. The minimum absolute atomic E-state index is 0.124. The van der Waals surface area contributed by atoms with Crippen molar-refractivity contribution in [2.75, 3.05) is 5.32 Å². The summed E-state index contributed by atoms with van der Waals surface area (Å²) in [6.07, 6.45) is 0. The molecule has 1 aromatic carbocycles. The van der Waals surface area contributed by atoms with Gasteiger partial charge in [0.1, 0.15) is 4.49 Å². The van der Waals surface area contributed by atoms with Crippen molar-refractivity contribution < 1.29 is 4.79 Å². The Morgan fingerprint density at radius 3 is 2.33 bits per heavy atom. The number of allylic oxidation sites excluding steroid dienone is 1. The van der Waals surface area contributed by atoms with E-state index in [1.165, 1.54) is 6.92 Å². The molecule has 0 saturated carbocycles. The maximum atomic E-state index is 11.0. The summed E-state index contributed by atoms with van der Waals surface area (Å²) in [7, 11) is 0. The largest absolute Gasteiger partial charge is 0.326 e. The van der Waals surface area contributed by atoms with Gasteiger partial charge in [0.05, 0.1) is 0 Å². The third-order valence-electron chi connectivity index (χ3n) is 1.93. The highest BCUT2D eigenvalue weighted by Gasteiger charge is 2.07.